The van der Waals surface area contributed by atoms with Crippen molar-refractivity contribution in [2.75, 3.05) is 26.2 Å². The highest BCUT2D eigenvalue weighted by Gasteiger charge is 2.37. The summed E-state index contributed by atoms with van der Waals surface area (Å²) in [5, 5.41) is 5.54. The summed E-state index contributed by atoms with van der Waals surface area (Å²) >= 11 is 1.67. The van der Waals surface area contributed by atoms with Crippen molar-refractivity contribution >= 4 is 23.3 Å². The second-order valence-electron chi connectivity index (χ2n) is 5.99. The molecule has 2 aliphatic heterocycles. The first-order chi connectivity index (χ1) is 9.77. The molecule has 0 saturated carbocycles. The first kappa shape index (κ1) is 13.8. The minimum Gasteiger partial charge on any atom is -0.339 e. The van der Waals surface area contributed by atoms with Crippen molar-refractivity contribution in [3.05, 3.63) is 28.5 Å². The number of nitrogens with one attached hydrogen (secondary N) is 1. The molecule has 2 saturated heterocycles. The number of amides is 1. The Balaban J connectivity index is 1.62. The van der Waals surface area contributed by atoms with E-state index in [0.717, 1.165) is 37.5 Å². The molecule has 1 unspecified atom stereocenters. The lowest BCUT2D eigenvalue weighted by molar-refractivity contribution is -0.129. The molecule has 2 fully saturated rings. The number of carbonyl (C=O) groups is 1. The molecule has 3 heterocycles. The Morgan fingerprint density at radius 2 is 2.30 bits per heavy atom. The molecule has 3 rings (SSSR count). The summed E-state index contributed by atoms with van der Waals surface area (Å²) in [7, 11) is 0. The van der Waals surface area contributed by atoms with Gasteiger partial charge in [0.2, 0.25) is 5.91 Å². The van der Waals surface area contributed by atoms with E-state index in [0.29, 0.717) is 5.41 Å². The van der Waals surface area contributed by atoms with Gasteiger partial charge in [0.05, 0.1) is 0 Å². The van der Waals surface area contributed by atoms with Gasteiger partial charge in [0.1, 0.15) is 0 Å². The predicted molar refractivity (Wildman–Crippen MR) is 83.7 cm³/mol. The van der Waals surface area contributed by atoms with Crippen molar-refractivity contribution in [3.63, 3.8) is 0 Å². The normalized spacial score (nSPS) is 27.3. The van der Waals surface area contributed by atoms with E-state index in [1.54, 1.807) is 17.4 Å². The van der Waals surface area contributed by atoms with E-state index < -0.39 is 0 Å². The Hall–Kier alpha value is -1.13. The third-order valence-electron chi connectivity index (χ3n) is 4.47. The molecule has 3 nitrogen and oxygen atoms in total. The van der Waals surface area contributed by atoms with Gasteiger partial charge in [-0.2, -0.15) is 0 Å². The molecule has 0 radical (unpaired) electrons. The Morgan fingerprint density at radius 1 is 1.40 bits per heavy atom. The van der Waals surface area contributed by atoms with Gasteiger partial charge in [-0.15, -0.1) is 11.3 Å². The lowest BCUT2D eigenvalue weighted by Gasteiger charge is -2.45. The van der Waals surface area contributed by atoms with E-state index in [1.165, 1.54) is 19.3 Å². The number of hydrogen-bond donors (Lipinski definition) is 1. The number of hydrogen-bond acceptors (Lipinski definition) is 3. The zero-order chi connectivity index (χ0) is 13.8. The van der Waals surface area contributed by atoms with Crippen molar-refractivity contribution in [2.24, 2.45) is 5.41 Å². The maximum absolute atomic E-state index is 12.3. The van der Waals surface area contributed by atoms with E-state index in [1.807, 2.05) is 28.5 Å². The van der Waals surface area contributed by atoms with Crippen LogP contribution in [0.5, 0.6) is 0 Å². The third-order valence-corrected chi connectivity index (χ3v) is 5.30. The van der Waals surface area contributed by atoms with Crippen LogP contribution in [0.2, 0.25) is 0 Å². The maximum Gasteiger partial charge on any atom is 0.246 e. The Kier molecular flexibility index (Phi) is 4.22. The van der Waals surface area contributed by atoms with Gasteiger partial charge in [-0.3, -0.25) is 4.79 Å². The summed E-state index contributed by atoms with van der Waals surface area (Å²) in [5.41, 5.74) is 0.336. The van der Waals surface area contributed by atoms with Gasteiger partial charge in [-0.1, -0.05) is 6.07 Å². The zero-order valence-electron chi connectivity index (χ0n) is 11.8. The molecule has 0 bridgehead atoms. The minimum atomic E-state index is 0.169. The van der Waals surface area contributed by atoms with Crippen LogP contribution in [0.3, 0.4) is 0 Å². The molecule has 1 amide bonds. The number of carbonyl (C=O) groups excluding carboxylic acids is 1. The average molecular weight is 290 g/mol. The molecule has 4 heteroatoms. The van der Waals surface area contributed by atoms with Crippen LogP contribution in [0.25, 0.3) is 6.08 Å². The molecule has 1 aromatic heterocycles. The van der Waals surface area contributed by atoms with Crippen molar-refractivity contribution < 1.29 is 4.79 Å². The summed E-state index contributed by atoms with van der Waals surface area (Å²) < 4.78 is 0. The fourth-order valence-corrected chi connectivity index (χ4v) is 4.04. The smallest absolute Gasteiger partial charge is 0.246 e. The molecule has 1 spiro atoms. The third kappa shape index (κ3) is 3.13. The Bertz CT molecular complexity index is 469. The van der Waals surface area contributed by atoms with Crippen molar-refractivity contribution in [1.29, 1.82) is 0 Å². The first-order valence-electron chi connectivity index (χ1n) is 7.49. The summed E-state index contributed by atoms with van der Waals surface area (Å²) in [6.07, 6.45) is 8.58. The molecular weight excluding hydrogens is 268 g/mol. The van der Waals surface area contributed by atoms with Crippen LogP contribution in [0.1, 0.15) is 30.6 Å². The van der Waals surface area contributed by atoms with E-state index in [9.17, 15) is 4.79 Å². The van der Waals surface area contributed by atoms with Crippen LogP contribution < -0.4 is 5.32 Å². The predicted octanol–water partition coefficient (Wildman–Crippen LogP) is 2.75. The molecule has 0 aliphatic carbocycles. The van der Waals surface area contributed by atoms with Crippen molar-refractivity contribution in [2.45, 2.75) is 25.7 Å². The number of likely N-dealkylation sites (tertiary alicyclic amines) is 1. The maximum atomic E-state index is 12.3. The number of rotatable bonds is 2. The van der Waals surface area contributed by atoms with Gasteiger partial charge in [-0.25, -0.2) is 0 Å². The van der Waals surface area contributed by atoms with E-state index in [2.05, 4.69) is 5.32 Å². The topological polar surface area (TPSA) is 32.3 Å². The van der Waals surface area contributed by atoms with Crippen LogP contribution in [0, 0.1) is 5.41 Å². The summed E-state index contributed by atoms with van der Waals surface area (Å²) in [4.78, 5) is 15.5. The molecule has 20 heavy (non-hydrogen) atoms. The lowest BCUT2D eigenvalue weighted by Crippen LogP contribution is -2.52. The molecule has 2 aliphatic rings. The van der Waals surface area contributed by atoms with E-state index in [4.69, 9.17) is 0 Å². The summed E-state index contributed by atoms with van der Waals surface area (Å²) in [5.74, 6) is 0.169. The fraction of sp³-hybridized carbons (Fsp3) is 0.562. The molecule has 1 atom stereocenters. The summed E-state index contributed by atoms with van der Waals surface area (Å²) in [6, 6.07) is 4.05. The molecule has 1 aromatic rings. The van der Waals surface area contributed by atoms with Crippen molar-refractivity contribution in [3.8, 4) is 0 Å². The number of nitrogens with zero attached hydrogens (tertiary/aromatic N) is 1. The highest BCUT2D eigenvalue weighted by molar-refractivity contribution is 7.10. The van der Waals surface area contributed by atoms with Gasteiger partial charge in [0.15, 0.2) is 0 Å². The van der Waals surface area contributed by atoms with Gasteiger partial charge in [0, 0.05) is 36.0 Å². The second kappa shape index (κ2) is 6.10. The fourth-order valence-electron chi connectivity index (χ4n) is 3.42. The van der Waals surface area contributed by atoms with Gasteiger partial charge >= 0.3 is 0 Å². The first-order valence-corrected chi connectivity index (χ1v) is 8.37. The van der Waals surface area contributed by atoms with Gasteiger partial charge in [-0.05, 0) is 49.8 Å². The highest BCUT2D eigenvalue weighted by atomic mass is 32.1. The van der Waals surface area contributed by atoms with Gasteiger partial charge < -0.3 is 10.2 Å². The van der Waals surface area contributed by atoms with Crippen LogP contribution in [-0.2, 0) is 4.79 Å². The highest BCUT2D eigenvalue weighted by Crippen LogP contribution is 2.35. The standard InChI is InChI=1S/C16H22N2OS/c19-15(6-5-14-4-1-11-20-14)18-10-3-8-16(13-18)7-2-9-17-12-16/h1,4-6,11,17H,2-3,7-10,12-13H2/b6-5+. The summed E-state index contributed by atoms with van der Waals surface area (Å²) in [6.45, 7) is 4.04. The molecule has 108 valence electrons. The second-order valence-corrected chi connectivity index (χ2v) is 6.97. The zero-order valence-corrected chi connectivity index (χ0v) is 12.6. The van der Waals surface area contributed by atoms with Crippen LogP contribution >= 0.6 is 11.3 Å². The minimum absolute atomic E-state index is 0.169. The quantitative estimate of drug-likeness (QED) is 0.850. The van der Waals surface area contributed by atoms with Crippen LogP contribution in [0.4, 0.5) is 0 Å². The Labute approximate surface area is 124 Å². The lowest BCUT2D eigenvalue weighted by atomic mass is 9.74. The molecule has 1 N–H and O–H groups in total. The van der Waals surface area contributed by atoms with Crippen molar-refractivity contribution in [1.82, 2.24) is 10.2 Å². The molecule has 0 aromatic carbocycles. The Morgan fingerprint density at radius 3 is 3.05 bits per heavy atom. The number of thiophene rings is 1. The van der Waals surface area contributed by atoms with Crippen LogP contribution in [-0.4, -0.2) is 37.0 Å². The van der Waals surface area contributed by atoms with E-state index >= 15 is 0 Å². The molecular formula is C16H22N2OS. The van der Waals surface area contributed by atoms with E-state index in [-0.39, 0.29) is 5.91 Å². The largest absolute Gasteiger partial charge is 0.339 e. The number of piperidine rings is 2. The van der Waals surface area contributed by atoms with Crippen LogP contribution in [0.15, 0.2) is 23.6 Å². The van der Waals surface area contributed by atoms with Gasteiger partial charge in [0.25, 0.3) is 0 Å². The SMILES string of the molecule is O=C(/C=C/c1cccs1)N1CCCC2(CCCNC2)C1. The monoisotopic (exact) mass is 290 g/mol. The average Bonchev–Trinajstić information content (AvgIpc) is 2.99.